The van der Waals surface area contributed by atoms with E-state index in [0.717, 1.165) is 0 Å². The predicted octanol–water partition coefficient (Wildman–Crippen LogP) is 16.9. The molecule has 0 atom stereocenters. The fraction of sp³-hybridized carbons (Fsp3) is 0. The van der Waals surface area contributed by atoms with E-state index < -0.39 is 0 Å². The summed E-state index contributed by atoms with van der Waals surface area (Å²) in [5.74, 6) is 0. The Morgan fingerprint density at radius 1 is 0.167 bits per heavy atom. The summed E-state index contributed by atoms with van der Waals surface area (Å²) >= 11 is 0. The second-order valence-electron chi connectivity index (χ2n) is 15.9. The molecule has 0 bridgehead atoms. The van der Waals surface area contributed by atoms with Crippen molar-refractivity contribution in [1.82, 2.24) is 0 Å². The molecule has 0 N–H and O–H groups in total. The molecule has 0 saturated heterocycles. The van der Waals surface area contributed by atoms with Crippen molar-refractivity contribution in [3.8, 4) is 55.6 Å². The Labute approximate surface area is 349 Å². The van der Waals surface area contributed by atoms with Crippen LogP contribution in [0.5, 0.6) is 0 Å². The molecule has 0 heteroatoms. The van der Waals surface area contributed by atoms with Crippen LogP contribution in [0.2, 0.25) is 0 Å². The van der Waals surface area contributed by atoms with Gasteiger partial charge >= 0.3 is 0 Å². The minimum absolute atomic E-state index is 1.19. The van der Waals surface area contributed by atoms with Gasteiger partial charge < -0.3 is 0 Å². The summed E-state index contributed by atoms with van der Waals surface area (Å²) in [5.41, 5.74) is 12.3. The van der Waals surface area contributed by atoms with E-state index in [1.54, 1.807) is 0 Å². The van der Waals surface area contributed by atoms with Crippen LogP contribution in [0.1, 0.15) is 0 Å². The van der Waals surface area contributed by atoms with Gasteiger partial charge in [-0.2, -0.15) is 0 Å². The molecule has 0 nitrogen and oxygen atoms in total. The average Bonchev–Trinajstić information content (AvgIpc) is 3.33. The van der Waals surface area contributed by atoms with Crippen molar-refractivity contribution in [2.45, 2.75) is 0 Å². The molecule has 0 amide bonds. The third-order valence-electron chi connectivity index (χ3n) is 12.7. The Balaban J connectivity index is 1.12. The van der Waals surface area contributed by atoms with Gasteiger partial charge in [0, 0.05) is 0 Å². The summed E-state index contributed by atoms with van der Waals surface area (Å²) in [6, 6.07) is 85.2. The standard InChI is InChI=1S/C60H38/c1-2-16-42(17-3-1)59-53-24-10-12-26-55(53)60(56-27-13-11-25-54(56)59)44-34-35-47(41-31-29-40(30-32-41)46-28-14-18-39-15-4-5-19-45(39)46)57(38-44)43-33-36-52-50-22-7-6-20-48(50)49-21-8-9-23-51(49)58(52)37-43/h1-38H. The van der Waals surface area contributed by atoms with E-state index >= 15 is 0 Å². The molecule has 60 heavy (non-hydrogen) atoms. The SMILES string of the molecule is c1ccc(-c2c3ccccc3c(-c3ccc(-c4ccc(-c5cccc6ccccc56)cc4)c(-c4ccc5c6ccccc6c6ccccc6c5c4)c3)c3ccccc23)cc1. The number of hydrogen-bond acceptors (Lipinski definition) is 0. The van der Waals surface area contributed by atoms with E-state index in [2.05, 4.69) is 231 Å². The van der Waals surface area contributed by atoms with Crippen LogP contribution in [0.4, 0.5) is 0 Å². The lowest BCUT2D eigenvalue weighted by Gasteiger charge is -2.20. The van der Waals surface area contributed by atoms with E-state index in [0.29, 0.717) is 0 Å². The Bertz CT molecular complexity index is 3530. The molecular weight excluding hydrogens is 721 g/mol. The molecule has 12 aromatic carbocycles. The van der Waals surface area contributed by atoms with Crippen LogP contribution in [-0.2, 0) is 0 Å². The highest BCUT2D eigenvalue weighted by Gasteiger charge is 2.19. The molecule has 0 aromatic heterocycles. The Morgan fingerprint density at radius 3 is 1.18 bits per heavy atom. The molecular formula is C60H38. The summed E-state index contributed by atoms with van der Waals surface area (Å²) in [7, 11) is 0. The largest absolute Gasteiger partial charge is 0.0622 e. The van der Waals surface area contributed by atoms with Crippen molar-refractivity contribution in [1.29, 1.82) is 0 Å². The zero-order valence-electron chi connectivity index (χ0n) is 32.9. The van der Waals surface area contributed by atoms with Crippen molar-refractivity contribution in [3.05, 3.63) is 231 Å². The summed E-state index contributed by atoms with van der Waals surface area (Å²) in [5, 5.41) is 15.2. The molecule has 12 aromatic rings. The van der Waals surface area contributed by atoms with Crippen LogP contribution in [0.25, 0.3) is 120 Å². The van der Waals surface area contributed by atoms with Gasteiger partial charge in [-0.05, 0) is 132 Å². The molecule has 0 fully saturated rings. The predicted molar refractivity (Wildman–Crippen MR) is 259 cm³/mol. The van der Waals surface area contributed by atoms with Gasteiger partial charge in [-0.25, -0.2) is 0 Å². The van der Waals surface area contributed by atoms with Crippen LogP contribution in [0.3, 0.4) is 0 Å². The van der Waals surface area contributed by atoms with Gasteiger partial charge in [0.1, 0.15) is 0 Å². The molecule has 0 spiro atoms. The lowest BCUT2D eigenvalue weighted by atomic mass is 9.84. The highest BCUT2D eigenvalue weighted by molar-refractivity contribution is 6.26. The van der Waals surface area contributed by atoms with Crippen LogP contribution in [0.15, 0.2) is 231 Å². The molecule has 0 aliphatic carbocycles. The average molecular weight is 759 g/mol. The maximum absolute atomic E-state index is 2.45. The normalized spacial score (nSPS) is 11.7. The summed E-state index contributed by atoms with van der Waals surface area (Å²) in [6.45, 7) is 0. The highest BCUT2D eigenvalue weighted by atomic mass is 14.2. The summed E-state index contributed by atoms with van der Waals surface area (Å²) < 4.78 is 0. The van der Waals surface area contributed by atoms with Gasteiger partial charge in [-0.3, -0.25) is 0 Å². The van der Waals surface area contributed by atoms with Crippen molar-refractivity contribution in [3.63, 3.8) is 0 Å². The van der Waals surface area contributed by atoms with Crippen molar-refractivity contribution in [2.24, 2.45) is 0 Å². The van der Waals surface area contributed by atoms with Gasteiger partial charge in [0.05, 0.1) is 0 Å². The molecule has 0 aliphatic heterocycles. The first-order valence-electron chi connectivity index (χ1n) is 20.8. The van der Waals surface area contributed by atoms with E-state index in [9.17, 15) is 0 Å². The molecule has 278 valence electrons. The third-order valence-corrected chi connectivity index (χ3v) is 12.7. The second kappa shape index (κ2) is 13.9. The van der Waals surface area contributed by atoms with Gasteiger partial charge in [0.2, 0.25) is 0 Å². The zero-order valence-corrected chi connectivity index (χ0v) is 32.9. The summed E-state index contributed by atoms with van der Waals surface area (Å²) in [6.07, 6.45) is 0. The fourth-order valence-electron chi connectivity index (χ4n) is 9.93. The minimum Gasteiger partial charge on any atom is -0.0622 e. The Kier molecular flexibility index (Phi) is 7.96. The molecule has 12 rings (SSSR count). The van der Waals surface area contributed by atoms with Crippen molar-refractivity contribution >= 4 is 64.6 Å². The first-order valence-corrected chi connectivity index (χ1v) is 20.8. The van der Waals surface area contributed by atoms with E-state index in [1.165, 1.54) is 120 Å². The smallest absolute Gasteiger partial charge is 0.00261 e. The molecule has 0 aliphatic rings. The monoisotopic (exact) mass is 758 g/mol. The maximum Gasteiger partial charge on any atom is -0.00261 e. The molecule has 0 heterocycles. The quantitative estimate of drug-likeness (QED) is 0.121. The topological polar surface area (TPSA) is 0 Å². The van der Waals surface area contributed by atoms with E-state index in [4.69, 9.17) is 0 Å². The number of rotatable bonds is 5. The minimum atomic E-state index is 1.19. The first kappa shape index (κ1) is 34.3. The zero-order chi connectivity index (χ0) is 39.6. The molecule has 0 unspecified atom stereocenters. The molecule has 0 radical (unpaired) electrons. The van der Waals surface area contributed by atoms with E-state index in [1.807, 2.05) is 0 Å². The van der Waals surface area contributed by atoms with E-state index in [-0.39, 0.29) is 0 Å². The highest BCUT2D eigenvalue weighted by Crippen LogP contribution is 2.46. The van der Waals surface area contributed by atoms with Crippen LogP contribution in [0, 0.1) is 0 Å². The molecule has 0 saturated carbocycles. The van der Waals surface area contributed by atoms with Gasteiger partial charge in [-0.1, -0.05) is 218 Å². The first-order chi connectivity index (χ1) is 29.8. The van der Waals surface area contributed by atoms with Gasteiger partial charge in [0.25, 0.3) is 0 Å². The van der Waals surface area contributed by atoms with Gasteiger partial charge in [-0.15, -0.1) is 0 Å². The van der Waals surface area contributed by atoms with Crippen LogP contribution in [-0.4, -0.2) is 0 Å². The lowest BCUT2D eigenvalue weighted by molar-refractivity contribution is 1.58. The number of benzene rings is 12. The van der Waals surface area contributed by atoms with Crippen molar-refractivity contribution < 1.29 is 0 Å². The van der Waals surface area contributed by atoms with Crippen LogP contribution < -0.4 is 0 Å². The third kappa shape index (κ3) is 5.46. The lowest BCUT2D eigenvalue weighted by Crippen LogP contribution is -1.93. The Morgan fingerprint density at radius 2 is 0.583 bits per heavy atom. The van der Waals surface area contributed by atoms with Crippen LogP contribution >= 0.6 is 0 Å². The summed E-state index contributed by atoms with van der Waals surface area (Å²) in [4.78, 5) is 0. The second-order valence-corrected chi connectivity index (χ2v) is 15.9. The number of fused-ring (bicyclic) bond motifs is 9. The maximum atomic E-state index is 2.45. The Hall–Kier alpha value is -7.80. The van der Waals surface area contributed by atoms with Crippen molar-refractivity contribution in [2.75, 3.05) is 0 Å². The van der Waals surface area contributed by atoms with Gasteiger partial charge in [0.15, 0.2) is 0 Å². The number of hydrogen-bond donors (Lipinski definition) is 0. The fourth-order valence-corrected chi connectivity index (χ4v) is 9.93.